The molecule has 1 amide bonds. The molecule has 1 aliphatic heterocycles. The number of rotatable bonds is 3. The zero-order chi connectivity index (χ0) is 18.1. The molecule has 3 rings (SSSR count). The molecule has 0 spiro atoms. The van der Waals surface area contributed by atoms with Gasteiger partial charge in [0.05, 0.1) is 21.2 Å². The Bertz CT molecular complexity index is 943. The van der Waals surface area contributed by atoms with E-state index in [4.69, 9.17) is 35.4 Å². The molecule has 0 aliphatic carbocycles. The average molecular weight is 410 g/mol. The highest BCUT2D eigenvalue weighted by Gasteiger charge is 2.34. The molecule has 2 aromatic rings. The molecular weight excluding hydrogens is 401 g/mol. The second-order valence-electron chi connectivity index (χ2n) is 5.01. The van der Waals surface area contributed by atoms with E-state index in [2.05, 4.69) is 0 Å². The Morgan fingerprint density at radius 2 is 1.92 bits per heavy atom. The Hall–Kier alpha value is -1.86. The van der Waals surface area contributed by atoms with E-state index >= 15 is 0 Å². The fraction of sp³-hybridized carbons (Fsp3) is 0. The van der Waals surface area contributed by atoms with E-state index in [1.807, 2.05) is 0 Å². The van der Waals surface area contributed by atoms with Crippen molar-refractivity contribution in [2.24, 2.45) is 0 Å². The summed E-state index contributed by atoms with van der Waals surface area (Å²) in [4.78, 5) is 25.7. The first-order valence-corrected chi connectivity index (χ1v) is 8.92. The summed E-state index contributed by atoms with van der Waals surface area (Å²) in [5.74, 6) is -1.43. The molecule has 1 N–H and O–H groups in total. The summed E-state index contributed by atoms with van der Waals surface area (Å²) in [6.07, 6.45) is 1.52. The molecule has 0 unspecified atom stereocenters. The van der Waals surface area contributed by atoms with E-state index in [1.165, 1.54) is 23.1 Å². The maximum atomic E-state index is 12.7. The lowest BCUT2D eigenvalue weighted by molar-refractivity contribution is -0.113. The van der Waals surface area contributed by atoms with Crippen LogP contribution < -0.4 is 4.90 Å². The summed E-state index contributed by atoms with van der Waals surface area (Å²) < 4.78 is 0.313. The largest absolute Gasteiger partial charge is 0.478 e. The van der Waals surface area contributed by atoms with E-state index < -0.39 is 5.97 Å². The summed E-state index contributed by atoms with van der Waals surface area (Å²) in [6, 6.07) is 11.2. The molecule has 25 heavy (non-hydrogen) atoms. The lowest BCUT2D eigenvalue weighted by Gasteiger charge is -2.16. The zero-order valence-electron chi connectivity index (χ0n) is 12.4. The predicted molar refractivity (Wildman–Crippen MR) is 106 cm³/mol. The number of carboxylic acid groups (broad SMARTS) is 1. The Morgan fingerprint density at radius 3 is 2.60 bits per heavy atom. The summed E-state index contributed by atoms with van der Waals surface area (Å²) in [5, 5.41) is 10.0. The number of aromatic carboxylic acids is 1. The first kappa shape index (κ1) is 17.9. The third-order valence-electron chi connectivity index (χ3n) is 3.42. The van der Waals surface area contributed by atoms with Gasteiger partial charge in [-0.25, -0.2) is 4.79 Å². The average Bonchev–Trinajstić information content (AvgIpc) is 2.82. The van der Waals surface area contributed by atoms with Crippen molar-refractivity contribution in [2.45, 2.75) is 0 Å². The molecular formula is C17H9Cl2NO3S2. The van der Waals surface area contributed by atoms with Crippen molar-refractivity contribution < 1.29 is 14.7 Å². The normalized spacial score (nSPS) is 15.9. The minimum Gasteiger partial charge on any atom is -0.478 e. The minimum atomic E-state index is -1.07. The molecule has 0 aromatic heterocycles. The van der Waals surface area contributed by atoms with E-state index in [1.54, 1.807) is 30.3 Å². The summed E-state index contributed by atoms with van der Waals surface area (Å²) in [5.41, 5.74) is 0.971. The van der Waals surface area contributed by atoms with Crippen molar-refractivity contribution >= 4 is 75.1 Å². The monoisotopic (exact) mass is 409 g/mol. The van der Waals surface area contributed by atoms with E-state index in [-0.39, 0.29) is 11.5 Å². The second-order valence-corrected chi connectivity index (χ2v) is 7.52. The van der Waals surface area contributed by atoms with Crippen LogP contribution in [0.3, 0.4) is 0 Å². The Labute approximate surface area is 163 Å². The number of carbonyl (C=O) groups excluding carboxylic acids is 1. The molecule has 0 bridgehead atoms. The van der Waals surface area contributed by atoms with Gasteiger partial charge in [0, 0.05) is 5.02 Å². The van der Waals surface area contributed by atoms with E-state index in [9.17, 15) is 14.7 Å². The number of halogens is 2. The Morgan fingerprint density at radius 1 is 1.20 bits per heavy atom. The number of hydrogen-bond acceptors (Lipinski definition) is 4. The van der Waals surface area contributed by atoms with Crippen LogP contribution in [0.15, 0.2) is 47.4 Å². The molecule has 4 nitrogen and oxygen atoms in total. The molecule has 0 radical (unpaired) electrons. The highest BCUT2D eigenvalue weighted by atomic mass is 35.5. The third kappa shape index (κ3) is 3.57. The van der Waals surface area contributed by atoms with Crippen molar-refractivity contribution in [3.05, 3.63) is 68.5 Å². The maximum Gasteiger partial charge on any atom is 0.336 e. The topological polar surface area (TPSA) is 57.6 Å². The summed E-state index contributed by atoms with van der Waals surface area (Å²) >= 11 is 18.4. The smallest absolute Gasteiger partial charge is 0.336 e. The van der Waals surface area contributed by atoms with Gasteiger partial charge in [-0.15, -0.1) is 0 Å². The van der Waals surface area contributed by atoms with Crippen LogP contribution in [0.5, 0.6) is 0 Å². The molecule has 1 aliphatic rings. The number of carboxylic acids is 1. The van der Waals surface area contributed by atoms with Crippen LogP contribution >= 0.6 is 47.2 Å². The molecule has 1 saturated heterocycles. The van der Waals surface area contributed by atoms with Crippen LogP contribution in [-0.2, 0) is 4.79 Å². The molecule has 126 valence electrons. The first-order valence-electron chi connectivity index (χ1n) is 6.94. The van der Waals surface area contributed by atoms with Gasteiger partial charge in [0.1, 0.15) is 0 Å². The number of anilines is 1. The zero-order valence-corrected chi connectivity index (χ0v) is 15.5. The number of benzene rings is 2. The quantitative estimate of drug-likeness (QED) is 0.564. The van der Waals surface area contributed by atoms with Crippen molar-refractivity contribution in [2.75, 3.05) is 4.90 Å². The van der Waals surface area contributed by atoms with Crippen molar-refractivity contribution in [3.8, 4) is 0 Å². The summed E-state index contributed by atoms with van der Waals surface area (Å²) in [6.45, 7) is 0. The van der Waals surface area contributed by atoms with Gasteiger partial charge in [-0.2, -0.15) is 0 Å². The van der Waals surface area contributed by atoms with Crippen molar-refractivity contribution in [3.63, 3.8) is 0 Å². The van der Waals surface area contributed by atoms with Crippen LogP contribution in [0, 0.1) is 0 Å². The van der Waals surface area contributed by atoms with E-state index in [0.29, 0.717) is 30.5 Å². The van der Waals surface area contributed by atoms with Gasteiger partial charge in [-0.05, 0) is 35.9 Å². The minimum absolute atomic E-state index is 0.109. The molecule has 1 heterocycles. The van der Waals surface area contributed by atoms with Gasteiger partial charge in [0.2, 0.25) is 0 Å². The fourth-order valence-electron chi connectivity index (χ4n) is 2.30. The highest BCUT2D eigenvalue weighted by molar-refractivity contribution is 8.27. The second kappa shape index (κ2) is 7.17. The SMILES string of the molecule is O=C(O)c1ccccc1/C=C1\SC(=S)N(c2ccc(Cl)cc2Cl)C1=O. The van der Waals surface area contributed by atoms with Crippen LogP contribution in [0.4, 0.5) is 5.69 Å². The number of nitrogens with zero attached hydrogens (tertiary/aromatic N) is 1. The molecule has 0 atom stereocenters. The van der Waals surface area contributed by atoms with Crippen molar-refractivity contribution in [1.29, 1.82) is 0 Å². The Kier molecular flexibility index (Phi) is 5.15. The molecule has 1 fully saturated rings. The highest BCUT2D eigenvalue weighted by Crippen LogP contribution is 2.39. The van der Waals surface area contributed by atoms with Gasteiger partial charge in [-0.1, -0.05) is 65.4 Å². The number of thioether (sulfide) groups is 1. The maximum absolute atomic E-state index is 12.7. The number of thiocarbonyl (C=S) groups is 1. The van der Waals surface area contributed by atoms with E-state index in [0.717, 1.165) is 11.8 Å². The standard InChI is InChI=1S/C17H9Cl2NO3S2/c18-10-5-6-13(12(19)8-10)20-15(21)14(25-17(20)24)7-9-3-1-2-4-11(9)16(22)23/h1-8H,(H,22,23)/b14-7-. The molecule has 8 heteroatoms. The van der Waals surface area contributed by atoms with Crippen molar-refractivity contribution in [1.82, 2.24) is 0 Å². The van der Waals surface area contributed by atoms with Crippen LogP contribution in [0.2, 0.25) is 10.0 Å². The molecule has 0 saturated carbocycles. The van der Waals surface area contributed by atoms with Gasteiger partial charge < -0.3 is 5.11 Å². The third-order valence-corrected chi connectivity index (χ3v) is 5.26. The first-order chi connectivity index (χ1) is 11.9. The number of amides is 1. The fourth-order valence-corrected chi connectivity index (χ4v) is 4.07. The lowest BCUT2D eigenvalue weighted by atomic mass is 10.1. The predicted octanol–water partition coefficient (Wildman–Crippen LogP) is 5.10. The Balaban J connectivity index is 2.01. The number of hydrogen-bond donors (Lipinski definition) is 1. The van der Waals surface area contributed by atoms with Gasteiger partial charge in [0.25, 0.3) is 5.91 Å². The van der Waals surface area contributed by atoms with Crippen LogP contribution in [-0.4, -0.2) is 21.3 Å². The van der Waals surface area contributed by atoms with Crippen LogP contribution in [0.1, 0.15) is 15.9 Å². The van der Waals surface area contributed by atoms with Crippen LogP contribution in [0.25, 0.3) is 6.08 Å². The van der Waals surface area contributed by atoms with Gasteiger partial charge >= 0.3 is 5.97 Å². The lowest BCUT2D eigenvalue weighted by Crippen LogP contribution is -2.27. The molecule has 2 aromatic carbocycles. The van der Waals surface area contributed by atoms with Gasteiger partial charge in [-0.3, -0.25) is 9.69 Å². The summed E-state index contributed by atoms with van der Waals surface area (Å²) in [7, 11) is 0. The number of carbonyl (C=O) groups is 2. The van der Waals surface area contributed by atoms with Gasteiger partial charge in [0.15, 0.2) is 4.32 Å².